The summed E-state index contributed by atoms with van der Waals surface area (Å²) in [5.41, 5.74) is 3.74. The molecule has 0 bridgehead atoms. The summed E-state index contributed by atoms with van der Waals surface area (Å²) in [6.45, 7) is 3.90. The van der Waals surface area contributed by atoms with Crippen LogP contribution >= 0.6 is 15.9 Å². The highest BCUT2D eigenvalue weighted by Gasteiger charge is 2.13. The van der Waals surface area contributed by atoms with Crippen molar-refractivity contribution in [2.24, 2.45) is 0 Å². The molecule has 1 aromatic carbocycles. The average molecular weight is 348 g/mol. The first kappa shape index (κ1) is 15.7. The second kappa shape index (κ2) is 6.85. The Hall–Kier alpha value is -1.68. The smallest absolute Gasteiger partial charge is 0.143 e. The van der Waals surface area contributed by atoms with Crippen LogP contribution in [-0.2, 0) is 17.6 Å². The zero-order chi connectivity index (χ0) is 15.4. The van der Waals surface area contributed by atoms with E-state index in [4.69, 9.17) is 4.74 Å². The lowest BCUT2D eigenvalue weighted by molar-refractivity contribution is -0.117. The maximum atomic E-state index is 12.2. The van der Waals surface area contributed by atoms with Crippen molar-refractivity contribution in [3.05, 3.63) is 57.3 Å². The molecular formula is C17H18BrNO2. The van der Waals surface area contributed by atoms with Gasteiger partial charge in [-0.25, -0.2) is 0 Å². The van der Waals surface area contributed by atoms with Gasteiger partial charge in [-0.1, -0.05) is 28.1 Å². The average Bonchev–Trinajstić information content (AvgIpc) is 2.45. The van der Waals surface area contributed by atoms with Crippen molar-refractivity contribution in [2.75, 3.05) is 7.11 Å². The molecule has 0 atom stereocenters. The lowest BCUT2D eigenvalue weighted by atomic mass is 10.0. The van der Waals surface area contributed by atoms with E-state index >= 15 is 0 Å². The molecule has 0 N–H and O–H groups in total. The maximum Gasteiger partial charge on any atom is 0.143 e. The first-order chi connectivity index (χ1) is 10.0. The molecule has 0 aliphatic rings. The Labute approximate surface area is 133 Å². The van der Waals surface area contributed by atoms with Crippen LogP contribution in [-0.4, -0.2) is 17.9 Å². The van der Waals surface area contributed by atoms with Gasteiger partial charge in [0.25, 0.3) is 0 Å². The SMILES string of the molecule is COc1c(C)cnc(CC(=O)Cc2ccc(Br)cc2)c1C. The zero-order valence-electron chi connectivity index (χ0n) is 12.4. The van der Waals surface area contributed by atoms with E-state index in [-0.39, 0.29) is 5.78 Å². The van der Waals surface area contributed by atoms with Crippen molar-refractivity contribution in [3.8, 4) is 5.75 Å². The van der Waals surface area contributed by atoms with Gasteiger partial charge in [0, 0.05) is 34.6 Å². The van der Waals surface area contributed by atoms with E-state index in [1.807, 2.05) is 38.1 Å². The minimum Gasteiger partial charge on any atom is -0.496 e. The molecule has 2 aromatic rings. The monoisotopic (exact) mass is 347 g/mol. The lowest BCUT2D eigenvalue weighted by Crippen LogP contribution is -2.10. The third-order valence-electron chi connectivity index (χ3n) is 3.43. The third-order valence-corrected chi connectivity index (χ3v) is 3.96. The van der Waals surface area contributed by atoms with Crippen LogP contribution in [0.1, 0.15) is 22.4 Å². The first-order valence-electron chi connectivity index (χ1n) is 6.76. The highest BCUT2D eigenvalue weighted by atomic mass is 79.9. The van der Waals surface area contributed by atoms with E-state index in [0.717, 1.165) is 32.6 Å². The van der Waals surface area contributed by atoms with Gasteiger partial charge in [0.05, 0.1) is 12.8 Å². The summed E-state index contributed by atoms with van der Waals surface area (Å²) in [4.78, 5) is 16.6. The normalized spacial score (nSPS) is 10.5. The molecule has 110 valence electrons. The van der Waals surface area contributed by atoms with Gasteiger partial charge in [0.15, 0.2) is 0 Å². The Bertz CT molecular complexity index is 651. The number of carbonyl (C=O) groups excluding carboxylic acids is 1. The third kappa shape index (κ3) is 3.91. The summed E-state index contributed by atoms with van der Waals surface area (Å²) in [5.74, 6) is 0.968. The number of nitrogens with zero attached hydrogens (tertiary/aromatic N) is 1. The topological polar surface area (TPSA) is 39.2 Å². The quantitative estimate of drug-likeness (QED) is 0.825. The van der Waals surface area contributed by atoms with Crippen LogP contribution in [0.2, 0.25) is 0 Å². The molecule has 21 heavy (non-hydrogen) atoms. The summed E-state index contributed by atoms with van der Waals surface area (Å²) in [7, 11) is 1.64. The molecule has 1 heterocycles. The van der Waals surface area contributed by atoms with Crippen LogP contribution in [0.25, 0.3) is 0 Å². The molecule has 0 fully saturated rings. The predicted octanol–water partition coefficient (Wildman–Crippen LogP) is 3.82. The van der Waals surface area contributed by atoms with Gasteiger partial charge in [0.1, 0.15) is 11.5 Å². The van der Waals surface area contributed by atoms with Crippen LogP contribution in [0.4, 0.5) is 0 Å². The molecule has 0 aliphatic carbocycles. The van der Waals surface area contributed by atoms with Crippen molar-refractivity contribution in [1.82, 2.24) is 4.98 Å². The number of hydrogen-bond acceptors (Lipinski definition) is 3. The van der Waals surface area contributed by atoms with E-state index < -0.39 is 0 Å². The largest absolute Gasteiger partial charge is 0.496 e. The van der Waals surface area contributed by atoms with Crippen LogP contribution < -0.4 is 4.74 Å². The van der Waals surface area contributed by atoms with E-state index in [0.29, 0.717) is 12.8 Å². The second-order valence-corrected chi connectivity index (χ2v) is 5.98. The van der Waals surface area contributed by atoms with Crippen molar-refractivity contribution in [3.63, 3.8) is 0 Å². The lowest BCUT2D eigenvalue weighted by Gasteiger charge is -2.11. The summed E-state index contributed by atoms with van der Waals surface area (Å²) >= 11 is 3.39. The van der Waals surface area contributed by atoms with Crippen LogP contribution in [0, 0.1) is 13.8 Å². The fourth-order valence-electron chi connectivity index (χ4n) is 2.33. The van der Waals surface area contributed by atoms with Gasteiger partial charge >= 0.3 is 0 Å². The highest BCUT2D eigenvalue weighted by Crippen LogP contribution is 2.24. The molecule has 0 radical (unpaired) electrons. The number of ketones is 1. The second-order valence-electron chi connectivity index (χ2n) is 5.06. The van der Waals surface area contributed by atoms with Gasteiger partial charge in [-0.3, -0.25) is 9.78 Å². The molecule has 2 rings (SSSR count). The summed E-state index contributed by atoms with van der Waals surface area (Å²) in [5, 5.41) is 0. The van der Waals surface area contributed by atoms with Gasteiger partial charge in [-0.05, 0) is 31.5 Å². The summed E-state index contributed by atoms with van der Waals surface area (Å²) in [6, 6.07) is 7.80. The number of methoxy groups -OCH3 is 1. The van der Waals surface area contributed by atoms with Crippen molar-refractivity contribution < 1.29 is 9.53 Å². The molecule has 0 aliphatic heterocycles. The molecule has 0 amide bonds. The van der Waals surface area contributed by atoms with Gasteiger partial charge in [-0.15, -0.1) is 0 Å². The van der Waals surface area contributed by atoms with Crippen LogP contribution in [0.5, 0.6) is 5.75 Å². The Morgan fingerprint density at radius 1 is 1.19 bits per heavy atom. The van der Waals surface area contributed by atoms with Crippen molar-refractivity contribution in [2.45, 2.75) is 26.7 Å². The number of ether oxygens (including phenoxy) is 1. The molecule has 1 aromatic heterocycles. The highest BCUT2D eigenvalue weighted by molar-refractivity contribution is 9.10. The standard InChI is InChI=1S/C17H18BrNO2/c1-11-10-19-16(12(2)17(11)21-3)9-15(20)8-13-4-6-14(18)7-5-13/h4-7,10H,8-9H2,1-3H3. The predicted molar refractivity (Wildman–Crippen MR) is 86.8 cm³/mol. The number of hydrogen-bond donors (Lipinski definition) is 0. The number of aromatic nitrogens is 1. The number of Topliss-reactive ketones (excluding diaryl/α,β-unsaturated/α-hetero) is 1. The number of carbonyl (C=O) groups is 1. The minimum atomic E-state index is 0.152. The fourth-order valence-corrected chi connectivity index (χ4v) is 2.59. The Kier molecular flexibility index (Phi) is 5.12. The van der Waals surface area contributed by atoms with Gasteiger partial charge < -0.3 is 4.74 Å². The van der Waals surface area contributed by atoms with Gasteiger partial charge in [-0.2, -0.15) is 0 Å². The summed E-state index contributed by atoms with van der Waals surface area (Å²) < 4.78 is 6.39. The Morgan fingerprint density at radius 2 is 1.86 bits per heavy atom. The van der Waals surface area contributed by atoms with E-state index in [2.05, 4.69) is 20.9 Å². The number of pyridine rings is 1. The zero-order valence-corrected chi connectivity index (χ0v) is 14.0. The van der Waals surface area contributed by atoms with Gasteiger partial charge in [0.2, 0.25) is 0 Å². The van der Waals surface area contributed by atoms with E-state index in [1.165, 1.54) is 0 Å². The number of aryl methyl sites for hydroxylation is 1. The number of benzene rings is 1. The molecule has 0 saturated heterocycles. The summed E-state index contributed by atoms with van der Waals surface area (Å²) in [6.07, 6.45) is 2.51. The van der Waals surface area contributed by atoms with Crippen LogP contribution in [0.3, 0.4) is 0 Å². The Balaban J connectivity index is 2.11. The van der Waals surface area contributed by atoms with E-state index in [1.54, 1.807) is 13.3 Å². The molecule has 3 nitrogen and oxygen atoms in total. The first-order valence-corrected chi connectivity index (χ1v) is 7.55. The Morgan fingerprint density at radius 3 is 2.48 bits per heavy atom. The minimum absolute atomic E-state index is 0.152. The van der Waals surface area contributed by atoms with Crippen molar-refractivity contribution in [1.29, 1.82) is 0 Å². The molecule has 0 saturated carbocycles. The van der Waals surface area contributed by atoms with Crippen LogP contribution in [0.15, 0.2) is 34.9 Å². The maximum absolute atomic E-state index is 12.2. The fraction of sp³-hybridized carbons (Fsp3) is 0.294. The molecular weight excluding hydrogens is 330 g/mol. The van der Waals surface area contributed by atoms with E-state index in [9.17, 15) is 4.79 Å². The molecule has 0 unspecified atom stereocenters. The molecule has 0 spiro atoms. The number of rotatable bonds is 5. The number of halogens is 1. The molecule has 4 heteroatoms. The van der Waals surface area contributed by atoms with Crippen molar-refractivity contribution >= 4 is 21.7 Å².